The Morgan fingerprint density at radius 1 is 1.32 bits per heavy atom. The van der Waals surface area contributed by atoms with Gasteiger partial charge < -0.3 is 5.32 Å². The first-order valence-corrected chi connectivity index (χ1v) is 7.11. The average molecular weight is 258 g/mol. The van der Waals surface area contributed by atoms with E-state index >= 15 is 0 Å². The molecule has 0 spiro atoms. The summed E-state index contributed by atoms with van der Waals surface area (Å²) in [5, 5.41) is 9.46. The molecule has 0 radical (unpaired) electrons. The van der Waals surface area contributed by atoms with E-state index in [0.717, 1.165) is 26.2 Å². The van der Waals surface area contributed by atoms with Gasteiger partial charge in [0.15, 0.2) is 0 Å². The van der Waals surface area contributed by atoms with Gasteiger partial charge in [-0.05, 0) is 26.0 Å². The number of aromatic nitrogens is 2. The van der Waals surface area contributed by atoms with Crippen molar-refractivity contribution >= 4 is 10.9 Å². The second-order valence-corrected chi connectivity index (χ2v) is 5.45. The molecule has 1 N–H and O–H groups in total. The second kappa shape index (κ2) is 5.31. The number of rotatable bonds is 2. The largest absolute Gasteiger partial charge is 0.315 e. The summed E-state index contributed by atoms with van der Waals surface area (Å²) in [6, 6.07) is 9.11. The summed E-state index contributed by atoms with van der Waals surface area (Å²) in [6.07, 6.45) is 1.21. The van der Waals surface area contributed by atoms with Gasteiger partial charge in [0, 0.05) is 38.1 Å². The van der Waals surface area contributed by atoms with E-state index in [1.165, 1.54) is 23.0 Å². The van der Waals surface area contributed by atoms with Crippen molar-refractivity contribution in [1.82, 2.24) is 20.0 Å². The van der Waals surface area contributed by atoms with Gasteiger partial charge in [0.2, 0.25) is 0 Å². The van der Waals surface area contributed by atoms with Crippen molar-refractivity contribution < 1.29 is 0 Å². The fourth-order valence-electron chi connectivity index (χ4n) is 2.89. The van der Waals surface area contributed by atoms with Gasteiger partial charge in [0.05, 0.1) is 11.2 Å². The van der Waals surface area contributed by atoms with Crippen molar-refractivity contribution in [3.63, 3.8) is 0 Å². The van der Waals surface area contributed by atoms with Gasteiger partial charge in [-0.1, -0.05) is 18.2 Å². The van der Waals surface area contributed by atoms with Crippen LogP contribution in [0.2, 0.25) is 0 Å². The number of para-hydroxylation sites is 1. The quantitative estimate of drug-likeness (QED) is 0.891. The molecule has 1 unspecified atom stereocenters. The van der Waals surface area contributed by atoms with Gasteiger partial charge in [0.25, 0.3) is 0 Å². The molecule has 0 bridgehead atoms. The Morgan fingerprint density at radius 3 is 3.05 bits per heavy atom. The van der Waals surface area contributed by atoms with Crippen molar-refractivity contribution in [1.29, 1.82) is 0 Å². The number of nitrogens with zero attached hydrogens (tertiary/aromatic N) is 3. The number of aryl methyl sites for hydroxylation is 1. The van der Waals surface area contributed by atoms with Crippen molar-refractivity contribution in [2.45, 2.75) is 25.9 Å². The molecule has 3 rings (SSSR count). The molecule has 0 saturated carbocycles. The number of fused-ring (bicyclic) bond motifs is 1. The first-order valence-electron chi connectivity index (χ1n) is 7.11. The van der Waals surface area contributed by atoms with Crippen molar-refractivity contribution in [3.05, 3.63) is 30.0 Å². The van der Waals surface area contributed by atoms with E-state index in [1.807, 2.05) is 11.7 Å². The Labute approximate surface area is 114 Å². The maximum absolute atomic E-state index is 4.70. The summed E-state index contributed by atoms with van der Waals surface area (Å²) in [6.45, 7) is 6.57. The molecule has 0 amide bonds. The van der Waals surface area contributed by atoms with Gasteiger partial charge >= 0.3 is 0 Å². The molecule has 2 aromatic rings. The van der Waals surface area contributed by atoms with Gasteiger partial charge in [0.1, 0.15) is 0 Å². The van der Waals surface area contributed by atoms with E-state index < -0.39 is 0 Å². The number of hydrogen-bond acceptors (Lipinski definition) is 3. The Balaban J connectivity index is 1.88. The fraction of sp³-hybridized carbons (Fsp3) is 0.533. The number of nitrogens with one attached hydrogen (secondary N) is 1. The van der Waals surface area contributed by atoms with E-state index in [2.05, 4.69) is 41.4 Å². The van der Waals surface area contributed by atoms with Gasteiger partial charge in [-0.15, -0.1) is 0 Å². The van der Waals surface area contributed by atoms with Crippen molar-refractivity contribution in [3.8, 4) is 0 Å². The molecule has 2 heterocycles. The summed E-state index contributed by atoms with van der Waals surface area (Å²) < 4.78 is 1.99. The zero-order chi connectivity index (χ0) is 13.2. The van der Waals surface area contributed by atoms with Crippen LogP contribution in [0, 0.1) is 0 Å². The Morgan fingerprint density at radius 2 is 2.16 bits per heavy atom. The molecular formula is C15H22N4. The fourth-order valence-corrected chi connectivity index (χ4v) is 2.89. The first-order chi connectivity index (χ1) is 9.25. The van der Waals surface area contributed by atoms with Crippen LogP contribution in [0.15, 0.2) is 24.3 Å². The van der Waals surface area contributed by atoms with Crippen LogP contribution in [-0.2, 0) is 13.6 Å². The molecule has 4 heteroatoms. The highest BCUT2D eigenvalue weighted by Crippen LogP contribution is 2.20. The summed E-state index contributed by atoms with van der Waals surface area (Å²) in [5.74, 6) is 0. The predicted molar refractivity (Wildman–Crippen MR) is 78.1 cm³/mol. The molecule has 1 saturated heterocycles. The lowest BCUT2D eigenvalue weighted by atomic mass is 10.1. The van der Waals surface area contributed by atoms with Gasteiger partial charge in [-0.25, -0.2) is 0 Å². The monoisotopic (exact) mass is 258 g/mol. The zero-order valence-electron chi connectivity index (χ0n) is 11.8. The van der Waals surface area contributed by atoms with Crippen LogP contribution < -0.4 is 5.32 Å². The molecular weight excluding hydrogens is 236 g/mol. The smallest absolute Gasteiger partial charge is 0.0843 e. The summed E-state index contributed by atoms with van der Waals surface area (Å²) in [5.41, 5.74) is 2.42. The lowest BCUT2D eigenvalue weighted by Gasteiger charge is -2.25. The van der Waals surface area contributed by atoms with Crippen LogP contribution in [0.1, 0.15) is 19.0 Å². The minimum atomic E-state index is 0.621. The van der Waals surface area contributed by atoms with Gasteiger partial charge in [-0.3, -0.25) is 9.58 Å². The van der Waals surface area contributed by atoms with Crippen LogP contribution in [0.4, 0.5) is 0 Å². The summed E-state index contributed by atoms with van der Waals surface area (Å²) in [7, 11) is 2.03. The highest BCUT2D eigenvalue weighted by Gasteiger charge is 2.19. The molecule has 1 fully saturated rings. The molecule has 1 aromatic heterocycles. The maximum atomic E-state index is 4.70. The average Bonchev–Trinajstić information content (AvgIpc) is 2.59. The molecule has 19 heavy (non-hydrogen) atoms. The Kier molecular flexibility index (Phi) is 3.53. The lowest BCUT2D eigenvalue weighted by Crippen LogP contribution is -2.33. The standard InChI is InChI=1S/C15H22N4/c1-12-7-8-16-9-10-19(12)11-14-13-5-3-4-6-15(13)18(2)17-14/h3-6,12,16H,7-11H2,1-2H3. The molecule has 1 aromatic carbocycles. The summed E-state index contributed by atoms with van der Waals surface area (Å²) >= 11 is 0. The van der Waals surface area contributed by atoms with Crippen LogP contribution in [0.5, 0.6) is 0 Å². The van der Waals surface area contributed by atoms with E-state index in [4.69, 9.17) is 5.10 Å². The van der Waals surface area contributed by atoms with E-state index in [9.17, 15) is 0 Å². The maximum Gasteiger partial charge on any atom is 0.0843 e. The van der Waals surface area contributed by atoms with Crippen LogP contribution >= 0.6 is 0 Å². The minimum Gasteiger partial charge on any atom is -0.315 e. The number of hydrogen-bond donors (Lipinski definition) is 1. The Hall–Kier alpha value is -1.39. The van der Waals surface area contributed by atoms with Crippen LogP contribution in [-0.4, -0.2) is 40.4 Å². The highest BCUT2D eigenvalue weighted by atomic mass is 15.3. The van der Waals surface area contributed by atoms with Crippen molar-refractivity contribution in [2.24, 2.45) is 7.05 Å². The molecule has 0 aliphatic carbocycles. The first kappa shape index (κ1) is 12.6. The van der Waals surface area contributed by atoms with Crippen LogP contribution in [0.3, 0.4) is 0 Å². The molecule has 4 nitrogen and oxygen atoms in total. The summed E-state index contributed by atoms with van der Waals surface area (Å²) in [4.78, 5) is 2.54. The third kappa shape index (κ3) is 2.51. The Bertz CT molecular complexity index is 560. The zero-order valence-corrected chi connectivity index (χ0v) is 11.8. The topological polar surface area (TPSA) is 33.1 Å². The molecule has 1 atom stereocenters. The second-order valence-electron chi connectivity index (χ2n) is 5.45. The molecule has 1 aliphatic rings. The molecule has 1 aliphatic heterocycles. The van der Waals surface area contributed by atoms with E-state index in [-0.39, 0.29) is 0 Å². The molecule has 102 valence electrons. The highest BCUT2D eigenvalue weighted by molar-refractivity contribution is 5.81. The predicted octanol–water partition coefficient (Wildman–Crippen LogP) is 1.76. The SMILES string of the molecule is CC1CCNCCN1Cc1nn(C)c2ccccc12. The van der Waals surface area contributed by atoms with E-state index in [0.29, 0.717) is 6.04 Å². The minimum absolute atomic E-state index is 0.621. The third-order valence-electron chi connectivity index (χ3n) is 4.13. The van der Waals surface area contributed by atoms with Crippen LogP contribution in [0.25, 0.3) is 10.9 Å². The van der Waals surface area contributed by atoms with E-state index in [1.54, 1.807) is 0 Å². The van der Waals surface area contributed by atoms with Crippen molar-refractivity contribution in [2.75, 3.05) is 19.6 Å². The third-order valence-corrected chi connectivity index (χ3v) is 4.13. The normalized spacial score (nSPS) is 21.7. The number of benzene rings is 1. The van der Waals surface area contributed by atoms with Gasteiger partial charge in [-0.2, -0.15) is 5.10 Å². The lowest BCUT2D eigenvalue weighted by molar-refractivity contribution is 0.209.